The first kappa shape index (κ1) is 14.3. The van der Waals surface area contributed by atoms with Crippen LogP contribution < -0.4 is 10.6 Å². The number of amides is 1. The molecule has 0 saturated heterocycles. The van der Waals surface area contributed by atoms with E-state index >= 15 is 0 Å². The smallest absolute Gasteiger partial charge is 0.237 e. The fraction of sp³-hybridized carbons (Fsp3) is 0.353. The molecule has 3 nitrogen and oxygen atoms in total. The monoisotopic (exact) mass is 300 g/mol. The van der Waals surface area contributed by atoms with Gasteiger partial charge in [-0.15, -0.1) is 11.3 Å². The molecule has 1 aliphatic heterocycles. The zero-order valence-corrected chi connectivity index (χ0v) is 13.0. The Morgan fingerprint density at radius 2 is 2.14 bits per heavy atom. The van der Waals surface area contributed by atoms with Crippen LogP contribution in [-0.4, -0.2) is 18.0 Å². The molecule has 3 rings (SSSR count). The fourth-order valence-electron chi connectivity index (χ4n) is 2.76. The van der Waals surface area contributed by atoms with Crippen molar-refractivity contribution >= 4 is 17.2 Å². The number of hydrogen-bond donors (Lipinski definition) is 2. The minimum Gasteiger partial charge on any atom is -0.352 e. The first-order valence-electron chi connectivity index (χ1n) is 7.35. The van der Waals surface area contributed by atoms with Crippen LogP contribution in [0.5, 0.6) is 0 Å². The van der Waals surface area contributed by atoms with Crippen molar-refractivity contribution in [2.75, 3.05) is 0 Å². The summed E-state index contributed by atoms with van der Waals surface area (Å²) in [5.74, 6) is 0.105. The van der Waals surface area contributed by atoms with E-state index in [1.165, 1.54) is 16.0 Å². The second-order valence-corrected chi connectivity index (χ2v) is 6.63. The maximum absolute atomic E-state index is 12.4. The number of nitrogens with one attached hydrogen (secondary N) is 2. The molecule has 1 aromatic carbocycles. The van der Waals surface area contributed by atoms with E-state index in [1.54, 1.807) is 11.3 Å². The standard InChI is InChI=1S/C17H20N2OS/c1-12(9-15-7-4-8-21-15)19-17(20)16-10-13-5-2-3-6-14(13)11-18-16/h2-8,12,16,18H,9-11H2,1H3,(H,19,20). The van der Waals surface area contributed by atoms with Gasteiger partial charge in [0.1, 0.15) is 0 Å². The van der Waals surface area contributed by atoms with Crippen LogP contribution in [0.15, 0.2) is 41.8 Å². The van der Waals surface area contributed by atoms with Gasteiger partial charge in [0.05, 0.1) is 6.04 Å². The van der Waals surface area contributed by atoms with Crippen molar-refractivity contribution in [3.8, 4) is 0 Å². The van der Waals surface area contributed by atoms with Gasteiger partial charge in [0.15, 0.2) is 0 Å². The Bertz CT molecular complexity index is 609. The maximum atomic E-state index is 12.4. The Labute approximate surface area is 129 Å². The van der Waals surface area contributed by atoms with Gasteiger partial charge in [-0.3, -0.25) is 4.79 Å². The first-order valence-corrected chi connectivity index (χ1v) is 8.23. The number of carbonyl (C=O) groups excluding carboxylic acids is 1. The summed E-state index contributed by atoms with van der Waals surface area (Å²) in [5.41, 5.74) is 2.58. The summed E-state index contributed by atoms with van der Waals surface area (Å²) >= 11 is 1.74. The maximum Gasteiger partial charge on any atom is 0.237 e. The second-order valence-electron chi connectivity index (χ2n) is 5.60. The van der Waals surface area contributed by atoms with Gasteiger partial charge >= 0.3 is 0 Å². The van der Waals surface area contributed by atoms with Crippen molar-refractivity contribution in [1.29, 1.82) is 0 Å². The molecule has 2 N–H and O–H groups in total. The van der Waals surface area contributed by atoms with Crippen LogP contribution in [0.25, 0.3) is 0 Å². The van der Waals surface area contributed by atoms with Crippen LogP contribution in [0.4, 0.5) is 0 Å². The van der Waals surface area contributed by atoms with Crippen molar-refractivity contribution in [1.82, 2.24) is 10.6 Å². The van der Waals surface area contributed by atoms with Crippen molar-refractivity contribution in [2.45, 2.75) is 38.4 Å². The van der Waals surface area contributed by atoms with E-state index in [9.17, 15) is 4.79 Å². The normalized spacial score (nSPS) is 18.8. The van der Waals surface area contributed by atoms with Gasteiger partial charge in [-0.1, -0.05) is 30.3 Å². The van der Waals surface area contributed by atoms with Gasteiger partial charge in [0.25, 0.3) is 0 Å². The lowest BCUT2D eigenvalue weighted by Crippen LogP contribution is -2.50. The summed E-state index contributed by atoms with van der Waals surface area (Å²) < 4.78 is 0. The van der Waals surface area contributed by atoms with Crippen LogP contribution in [-0.2, 0) is 24.2 Å². The lowest BCUT2D eigenvalue weighted by molar-refractivity contribution is -0.123. The number of benzene rings is 1. The third kappa shape index (κ3) is 3.52. The summed E-state index contributed by atoms with van der Waals surface area (Å²) in [6.45, 7) is 2.84. The van der Waals surface area contributed by atoms with E-state index in [1.807, 2.05) is 18.2 Å². The van der Waals surface area contributed by atoms with E-state index in [0.29, 0.717) is 0 Å². The lowest BCUT2D eigenvalue weighted by atomic mass is 9.95. The molecule has 110 valence electrons. The van der Waals surface area contributed by atoms with Crippen LogP contribution in [0.2, 0.25) is 0 Å². The van der Waals surface area contributed by atoms with Crippen molar-refractivity contribution < 1.29 is 4.79 Å². The van der Waals surface area contributed by atoms with Crippen LogP contribution in [0.3, 0.4) is 0 Å². The average Bonchev–Trinajstić information content (AvgIpc) is 2.99. The Balaban J connectivity index is 1.56. The van der Waals surface area contributed by atoms with Crippen molar-refractivity contribution in [2.24, 2.45) is 0 Å². The molecule has 1 aromatic heterocycles. The van der Waals surface area contributed by atoms with Crippen LogP contribution in [0, 0.1) is 0 Å². The molecule has 2 unspecified atom stereocenters. The number of fused-ring (bicyclic) bond motifs is 1. The Kier molecular flexibility index (Phi) is 4.36. The molecular formula is C17H20N2OS. The zero-order valence-electron chi connectivity index (χ0n) is 12.1. The Morgan fingerprint density at radius 3 is 2.90 bits per heavy atom. The van der Waals surface area contributed by atoms with E-state index in [2.05, 4.69) is 41.1 Å². The lowest BCUT2D eigenvalue weighted by Gasteiger charge is -2.26. The van der Waals surface area contributed by atoms with E-state index in [0.717, 1.165) is 19.4 Å². The summed E-state index contributed by atoms with van der Waals surface area (Å²) in [7, 11) is 0. The highest BCUT2D eigenvalue weighted by molar-refractivity contribution is 7.09. The molecule has 2 atom stereocenters. The molecular weight excluding hydrogens is 280 g/mol. The molecule has 1 aliphatic rings. The van der Waals surface area contributed by atoms with Gasteiger partial charge in [-0.05, 0) is 35.9 Å². The highest BCUT2D eigenvalue weighted by Gasteiger charge is 2.24. The molecule has 1 amide bonds. The Hall–Kier alpha value is -1.65. The highest BCUT2D eigenvalue weighted by Crippen LogP contribution is 2.16. The third-order valence-electron chi connectivity index (χ3n) is 3.87. The topological polar surface area (TPSA) is 41.1 Å². The molecule has 2 aromatic rings. The molecule has 4 heteroatoms. The van der Waals surface area contributed by atoms with Gasteiger partial charge in [-0.2, -0.15) is 0 Å². The quantitative estimate of drug-likeness (QED) is 0.911. The molecule has 0 bridgehead atoms. The average molecular weight is 300 g/mol. The summed E-state index contributed by atoms with van der Waals surface area (Å²) in [6.07, 6.45) is 1.67. The fourth-order valence-corrected chi connectivity index (χ4v) is 3.60. The number of thiophene rings is 1. The van der Waals surface area contributed by atoms with E-state index in [-0.39, 0.29) is 18.0 Å². The van der Waals surface area contributed by atoms with Crippen molar-refractivity contribution in [3.05, 3.63) is 57.8 Å². The zero-order chi connectivity index (χ0) is 14.7. The number of rotatable bonds is 4. The summed E-state index contributed by atoms with van der Waals surface area (Å²) in [4.78, 5) is 13.7. The SMILES string of the molecule is CC(Cc1cccs1)NC(=O)C1Cc2ccccc2CN1. The molecule has 21 heavy (non-hydrogen) atoms. The van der Waals surface area contributed by atoms with Gasteiger partial charge in [0, 0.05) is 23.9 Å². The van der Waals surface area contributed by atoms with E-state index < -0.39 is 0 Å². The van der Waals surface area contributed by atoms with Gasteiger partial charge in [-0.25, -0.2) is 0 Å². The van der Waals surface area contributed by atoms with Gasteiger partial charge < -0.3 is 10.6 Å². The highest BCUT2D eigenvalue weighted by atomic mass is 32.1. The van der Waals surface area contributed by atoms with Crippen LogP contribution in [0.1, 0.15) is 22.9 Å². The first-order chi connectivity index (χ1) is 10.2. The minimum absolute atomic E-state index is 0.105. The summed E-state index contributed by atoms with van der Waals surface area (Å²) in [5, 5.41) is 8.53. The van der Waals surface area contributed by atoms with Gasteiger partial charge in [0.2, 0.25) is 5.91 Å². The van der Waals surface area contributed by atoms with Crippen LogP contribution >= 0.6 is 11.3 Å². The minimum atomic E-state index is -0.120. The predicted octanol–water partition coefficient (Wildman–Crippen LogP) is 2.51. The summed E-state index contributed by atoms with van der Waals surface area (Å²) in [6, 6.07) is 12.5. The molecule has 0 saturated carbocycles. The molecule has 2 heterocycles. The number of carbonyl (C=O) groups is 1. The number of hydrogen-bond acceptors (Lipinski definition) is 3. The molecule has 0 radical (unpaired) electrons. The molecule has 0 fully saturated rings. The van der Waals surface area contributed by atoms with E-state index in [4.69, 9.17) is 0 Å². The third-order valence-corrected chi connectivity index (χ3v) is 4.77. The molecule has 0 aliphatic carbocycles. The Morgan fingerprint density at radius 1 is 1.33 bits per heavy atom. The largest absolute Gasteiger partial charge is 0.352 e. The molecule has 0 spiro atoms. The second kappa shape index (κ2) is 6.41. The van der Waals surface area contributed by atoms with Crippen molar-refractivity contribution in [3.63, 3.8) is 0 Å². The predicted molar refractivity (Wildman–Crippen MR) is 86.4 cm³/mol.